The summed E-state index contributed by atoms with van der Waals surface area (Å²) in [6.45, 7) is 7.46. The van der Waals surface area contributed by atoms with Gasteiger partial charge < -0.3 is 4.74 Å². The first-order chi connectivity index (χ1) is 15.4. The van der Waals surface area contributed by atoms with Gasteiger partial charge in [-0.05, 0) is 55.8 Å². The first-order valence-electron chi connectivity index (χ1n) is 10.3. The lowest BCUT2D eigenvalue weighted by Gasteiger charge is -2.22. The Balaban J connectivity index is 1.89. The fourth-order valence-corrected chi connectivity index (χ4v) is 3.12. The van der Waals surface area contributed by atoms with Crippen molar-refractivity contribution in [2.45, 2.75) is 20.3 Å². The summed E-state index contributed by atoms with van der Waals surface area (Å²) >= 11 is 0. The smallest absolute Gasteiger partial charge is 0.330 e. The lowest BCUT2D eigenvalue weighted by atomic mass is 10.1. The Morgan fingerprint density at radius 2 is 1.25 bits per heavy atom. The highest BCUT2D eigenvalue weighted by molar-refractivity contribution is 6.25. The summed E-state index contributed by atoms with van der Waals surface area (Å²) in [5.41, 5.74) is 4.29. The fraction of sp³-hybridized carbons (Fsp3) is 0.148. The van der Waals surface area contributed by atoms with E-state index in [1.165, 1.54) is 4.90 Å². The van der Waals surface area contributed by atoms with Crippen LogP contribution in [-0.4, -0.2) is 24.4 Å². The summed E-state index contributed by atoms with van der Waals surface area (Å²) in [5, 5.41) is 0. The number of benzene rings is 3. The summed E-state index contributed by atoms with van der Waals surface area (Å²) in [4.78, 5) is 39.1. The Bertz CT molecular complexity index is 1060. The molecule has 0 saturated carbocycles. The van der Waals surface area contributed by atoms with Crippen LogP contribution in [0, 0.1) is 13.8 Å². The van der Waals surface area contributed by atoms with Crippen LogP contribution in [0.5, 0.6) is 0 Å². The molecule has 162 valence electrons. The van der Waals surface area contributed by atoms with Gasteiger partial charge in [-0.2, -0.15) is 0 Å². The van der Waals surface area contributed by atoms with Crippen molar-refractivity contribution in [2.24, 2.45) is 0 Å². The molecule has 0 heterocycles. The van der Waals surface area contributed by atoms with Crippen molar-refractivity contribution in [2.75, 3.05) is 11.5 Å². The van der Waals surface area contributed by atoms with Crippen LogP contribution in [-0.2, 0) is 16.0 Å². The molecular formula is C27H25NO4. The molecule has 3 aromatic rings. The Morgan fingerprint density at radius 1 is 0.781 bits per heavy atom. The van der Waals surface area contributed by atoms with Crippen LogP contribution in [0.1, 0.15) is 37.4 Å². The van der Waals surface area contributed by atoms with Gasteiger partial charge in [0.15, 0.2) is 0 Å². The second-order valence-electron chi connectivity index (χ2n) is 7.47. The van der Waals surface area contributed by atoms with Gasteiger partial charge in [-0.25, -0.2) is 9.69 Å². The Hall–Kier alpha value is -3.99. The molecule has 0 radical (unpaired) electrons. The SMILES string of the molecule is C=CC(=O)OCCc1ccc(N(C(=O)c2ccc(C)cc2)C(=O)c2ccc(C)cc2)cc1. The van der Waals surface area contributed by atoms with Gasteiger partial charge in [0.2, 0.25) is 0 Å². The average molecular weight is 428 g/mol. The third-order valence-corrected chi connectivity index (χ3v) is 5.00. The summed E-state index contributed by atoms with van der Waals surface area (Å²) in [5.74, 6) is -1.27. The second-order valence-corrected chi connectivity index (χ2v) is 7.47. The number of aryl methyl sites for hydroxylation is 2. The number of carbonyl (C=O) groups is 3. The van der Waals surface area contributed by atoms with Crippen LogP contribution >= 0.6 is 0 Å². The number of hydrogen-bond donors (Lipinski definition) is 0. The molecule has 0 aliphatic heterocycles. The van der Waals surface area contributed by atoms with Crippen molar-refractivity contribution < 1.29 is 19.1 Å². The zero-order chi connectivity index (χ0) is 23.1. The van der Waals surface area contributed by atoms with Crippen LogP contribution in [0.15, 0.2) is 85.5 Å². The molecule has 5 nitrogen and oxygen atoms in total. The number of nitrogens with zero attached hydrogens (tertiary/aromatic N) is 1. The van der Waals surface area contributed by atoms with Crippen LogP contribution in [0.4, 0.5) is 5.69 Å². The van der Waals surface area contributed by atoms with E-state index in [0.717, 1.165) is 22.8 Å². The van der Waals surface area contributed by atoms with E-state index in [4.69, 9.17) is 4.74 Å². The van der Waals surface area contributed by atoms with Crippen molar-refractivity contribution in [1.82, 2.24) is 0 Å². The van der Waals surface area contributed by atoms with Crippen LogP contribution in [0.3, 0.4) is 0 Å². The minimum Gasteiger partial charge on any atom is -0.462 e. The maximum absolute atomic E-state index is 13.3. The van der Waals surface area contributed by atoms with Crippen LogP contribution in [0.25, 0.3) is 0 Å². The standard InChI is InChI=1S/C27H25NO4/c1-4-25(29)32-18-17-21-9-15-24(16-10-21)28(26(30)22-11-5-19(2)6-12-22)27(31)23-13-7-20(3)8-14-23/h4-16H,1,17-18H2,2-3H3. The predicted molar refractivity (Wildman–Crippen MR) is 125 cm³/mol. The molecule has 0 spiro atoms. The minimum absolute atomic E-state index is 0.221. The molecule has 0 unspecified atom stereocenters. The molecule has 5 heteroatoms. The summed E-state index contributed by atoms with van der Waals surface area (Å²) in [6.07, 6.45) is 1.63. The van der Waals surface area contributed by atoms with E-state index in [9.17, 15) is 14.4 Å². The molecule has 0 aromatic heterocycles. The quantitative estimate of drug-likeness (QED) is 0.300. The summed E-state index contributed by atoms with van der Waals surface area (Å²) in [6, 6.07) is 21.3. The van der Waals surface area contributed by atoms with E-state index < -0.39 is 17.8 Å². The second kappa shape index (κ2) is 10.4. The highest BCUT2D eigenvalue weighted by Gasteiger charge is 2.26. The molecule has 0 aliphatic rings. The van der Waals surface area contributed by atoms with E-state index >= 15 is 0 Å². The van der Waals surface area contributed by atoms with Crippen molar-refractivity contribution in [3.63, 3.8) is 0 Å². The highest BCUT2D eigenvalue weighted by atomic mass is 16.5. The van der Waals surface area contributed by atoms with Crippen LogP contribution < -0.4 is 4.90 Å². The molecule has 0 atom stereocenters. The maximum Gasteiger partial charge on any atom is 0.330 e. The zero-order valence-electron chi connectivity index (χ0n) is 18.2. The third kappa shape index (κ3) is 5.58. The van der Waals surface area contributed by atoms with Crippen molar-refractivity contribution in [3.8, 4) is 0 Å². The molecule has 3 aromatic carbocycles. The van der Waals surface area contributed by atoms with Gasteiger partial charge in [0.1, 0.15) is 0 Å². The predicted octanol–water partition coefficient (Wildman–Crippen LogP) is 5.06. The molecule has 0 saturated heterocycles. The number of imide groups is 1. The summed E-state index contributed by atoms with van der Waals surface area (Å²) in [7, 11) is 0. The van der Waals surface area contributed by atoms with E-state index in [2.05, 4.69) is 6.58 Å². The molecule has 32 heavy (non-hydrogen) atoms. The fourth-order valence-electron chi connectivity index (χ4n) is 3.12. The molecule has 0 fully saturated rings. The van der Waals surface area contributed by atoms with Gasteiger partial charge in [-0.15, -0.1) is 0 Å². The Labute approximate surface area is 187 Å². The van der Waals surface area contributed by atoms with Gasteiger partial charge in [-0.1, -0.05) is 54.1 Å². The Kier molecular flexibility index (Phi) is 7.34. The molecule has 3 rings (SSSR count). The molecule has 0 N–H and O–H groups in total. The zero-order valence-corrected chi connectivity index (χ0v) is 18.2. The van der Waals surface area contributed by atoms with Crippen molar-refractivity contribution in [1.29, 1.82) is 0 Å². The first-order valence-corrected chi connectivity index (χ1v) is 10.3. The highest BCUT2D eigenvalue weighted by Crippen LogP contribution is 2.22. The largest absolute Gasteiger partial charge is 0.462 e. The minimum atomic E-state index is -0.472. The topological polar surface area (TPSA) is 63.7 Å². The van der Waals surface area contributed by atoms with Gasteiger partial charge in [-0.3, -0.25) is 9.59 Å². The van der Waals surface area contributed by atoms with E-state index in [1.807, 2.05) is 50.2 Å². The van der Waals surface area contributed by atoms with E-state index in [0.29, 0.717) is 23.2 Å². The maximum atomic E-state index is 13.3. The van der Waals surface area contributed by atoms with Gasteiger partial charge >= 0.3 is 5.97 Å². The molecule has 0 aliphatic carbocycles. The average Bonchev–Trinajstić information content (AvgIpc) is 2.81. The lowest BCUT2D eigenvalue weighted by Crippen LogP contribution is -2.37. The van der Waals surface area contributed by atoms with Gasteiger partial charge in [0.05, 0.1) is 12.3 Å². The number of carbonyl (C=O) groups excluding carboxylic acids is 3. The molecule has 0 bridgehead atoms. The first kappa shape index (κ1) is 22.7. The third-order valence-electron chi connectivity index (χ3n) is 5.00. The van der Waals surface area contributed by atoms with Crippen molar-refractivity contribution in [3.05, 3.63) is 113 Å². The normalized spacial score (nSPS) is 10.3. The summed E-state index contributed by atoms with van der Waals surface area (Å²) < 4.78 is 5.01. The number of esters is 1. The van der Waals surface area contributed by atoms with E-state index in [1.54, 1.807) is 36.4 Å². The Morgan fingerprint density at radius 3 is 1.69 bits per heavy atom. The number of rotatable bonds is 7. The number of anilines is 1. The number of amides is 2. The molecular weight excluding hydrogens is 402 g/mol. The van der Waals surface area contributed by atoms with Gasteiger partial charge in [0, 0.05) is 23.6 Å². The van der Waals surface area contributed by atoms with E-state index in [-0.39, 0.29) is 6.61 Å². The van der Waals surface area contributed by atoms with Crippen LogP contribution in [0.2, 0.25) is 0 Å². The van der Waals surface area contributed by atoms with Gasteiger partial charge in [0.25, 0.3) is 11.8 Å². The molecule has 2 amide bonds. The lowest BCUT2D eigenvalue weighted by molar-refractivity contribution is -0.137. The number of hydrogen-bond acceptors (Lipinski definition) is 4. The monoisotopic (exact) mass is 427 g/mol. The number of ether oxygens (including phenoxy) is 1. The van der Waals surface area contributed by atoms with Crippen molar-refractivity contribution >= 4 is 23.5 Å².